The van der Waals surface area contributed by atoms with Crippen LogP contribution in [0.3, 0.4) is 0 Å². The molecule has 1 aromatic rings. The first-order valence-electron chi connectivity index (χ1n) is 6.37. The molecule has 0 saturated carbocycles. The largest absolute Gasteiger partial charge is 0.504 e. The van der Waals surface area contributed by atoms with Gasteiger partial charge in [0.05, 0.1) is 19.2 Å². The van der Waals surface area contributed by atoms with Crippen molar-refractivity contribution in [2.45, 2.75) is 31.8 Å². The summed E-state index contributed by atoms with van der Waals surface area (Å²) in [5.74, 6) is -0.311. The molecule has 2 N–H and O–H groups in total. The minimum absolute atomic E-state index is 0.0714. The normalized spacial score (nSPS) is 17.4. The molecule has 1 aromatic carbocycles. The average molecular weight is 279 g/mol. The first-order valence-corrected chi connectivity index (χ1v) is 6.37. The first kappa shape index (κ1) is 14.2. The van der Waals surface area contributed by atoms with Crippen molar-refractivity contribution in [2.24, 2.45) is 5.16 Å². The summed E-state index contributed by atoms with van der Waals surface area (Å²) < 4.78 is 5.05. The molecule has 108 valence electrons. The van der Waals surface area contributed by atoms with Crippen molar-refractivity contribution in [3.63, 3.8) is 0 Å². The predicted octanol–water partition coefficient (Wildman–Crippen LogP) is 1.95. The van der Waals surface area contributed by atoms with Gasteiger partial charge < -0.3 is 19.8 Å². The summed E-state index contributed by atoms with van der Waals surface area (Å²) in [4.78, 5) is 15.8. The molecule has 1 heterocycles. The van der Waals surface area contributed by atoms with E-state index in [0.29, 0.717) is 25.0 Å². The topological polar surface area (TPSA) is 88.4 Å². The maximum atomic E-state index is 10.5. The van der Waals surface area contributed by atoms with E-state index in [0.717, 1.165) is 11.3 Å². The Bertz CT molecular complexity index is 526. The van der Waals surface area contributed by atoms with Crippen LogP contribution in [0.25, 0.3) is 0 Å². The van der Waals surface area contributed by atoms with Gasteiger partial charge >= 0.3 is 5.97 Å². The van der Waals surface area contributed by atoms with Crippen LogP contribution in [0, 0.1) is 0 Å². The van der Waals surface area contributed by atoms with Crippen molar-refractivity contribution in [1.29, 1.82) is 0 Å². The second-order valence-corrected chi connectivity index (χ2v) is 4.69. The number of ether oxygens (including phenoxy) is 1. The van der Waals surface area contributed by atoms with Gasteiger partial charge in [0, 0.05) is 12.8 Å². The Morgan fingerprint density at radius 1 is 1.55 bits per heavy atom. The number of hydrogen-bond donors (Lipinski definition) is 2. The van der Waals surface area contributed by atoms with E-state index < -0.39 is 5.97 Å². The van der Waals surface area contributed by atoms with E-state index in [1.807, 2.05) is 0 Å². The lowest BCUT2D eigenvalue weighted by Gasteiger charge is -2.10. The number of benzene rings is 1. The van der Waals surface area contributed by atoms with Crippen LogP contribution < -0.4 is 4.74 Å². The number of hydrogen-bond acceptors (Lipinski definition) is 5. The third-order valence-electron chi connectivity index (χ3n) is 3.13. The minimum Gasteiger partial charge on any atom is -0.504 e. The fourth-order valence-electron chi connectivity index (χ4n) is 2.11. The van der Waals surface area contributed by atoms with Crippen molar-refractivity contribution in [3.05, 3.63) is 23.8 Å². The van der Waals surface area contributed by atoms with Crippen LogP contribution >= 0.6 is 0 Å². The number of carboxylic acid groups (broad SMARTS) is 1. The molecular weight excluding hydrogens is 262 g/mol. The number of phenolic OH excluding ortho intramolecular Hbond substituents is 1. The van der Waals surface area contributed by atoms with Crippen LogP contribution in [0.1, 0.15) is 24.8 Å². The van der Waals surface area contributed by atoms with Gasteiger partial charge in [0.25, 0.3) is 0 Å². The Balaban J connectivity index is 1.88. The van der Waals surface area contributed by atoms with Crippen LogP contribution in [-0.4, -0.2) is 35.1 Å². The van der Waals surface area contributed by atoms with E-state index in [-0.39, 0.29) is 18.3 Å². The van der Waals surface area contributed by atoms with Gasteiger partial charge in [-0.25, -0.2) is 0 Å². The number of aliphatic carboxylic acids is 1. The van der Waals surface area contributed by atoms with Crippen LogP contribution in [-0.2, 0) is 16.1 Å². The average Bonchev–Trinajstić information content (AvgIpc) is 2.86. The lowest BCUT2D eigenvalue weighted by atomic mass is 10.0. The second kappa shape index (κ2) is 6.27. The highest BCUT2D eigenvalue weighted by Crippen LogP contribution is 2.28. The summed E-state index contributed by atoms with van der Waals surface area (Å²) in [5.41, 5.74) is 1.75. The quantitative estimate of drug-likeness (QED) is 0.831. The number of phenols is 1. The highest BCUT2D eigenvalue weighted by molar-refractivity contribution is 5.88. The Kier molecular flexibility index (Phi) is 4.45. The summed E-state index contributed by atoms with van der Waals surface area (Å²) in [6.45, 7) is 0. The van der Waals surface area contributed by atoms with Gasteiger partial charge in [-0.1, -0.05) is 11.2 Å². The molecule has 0 saturated heterocycles. The molecule has 0 radical (unpaired) electrons. The molecule has 1 atom stereocenters. The molecule has 0 amide bonds. The van der Waals surface area contributed by atoms with Crippen molar-refractivity contribution in [3.8, 4) is 11.5 Å². The summed E-state index contributed by atoms with van der Waals surface area (Å²) >= 11 is 0. The molecule has 0 spiro atoms. The summed E-state index contributed by atoms with van der Waals surface area (Å²) in [6, 6.07) is 5.14. The number of oxime groups is 1. The van der Waals surface area contributed by atoms with Gasteiger partial charge in [-0.2, -0.15) is 0 Å². The van der Waals surface area contributed by atoms with Gasteiger partial charge in [0.15, 0.2) is 11.5 Å². The Hall–Kier alpha value is -2.24. The first-order chi connectivity index (χ1) is 9.58. The summed E-state index contributed by atoms with van der Waals surface area (Å²) in [7, 11) is 1.50. The van der Waals surface area contributed by atoms with E-state index in [1.165, 1.54) is 7.11 Å². The fourth-order valence-corrected chi connectivity index (χ4v) is 2.11. The highest BCUT2D eigenvalue weighted by atomic mass is 16.6. The van der Waals surface area contributed by atoms with Crippen molar-refractivity contribution in [1.82, 2.24) is 0 Å². The SMILES string of the molecule is COc1cc(CC2CC(CCC(=O)O)=NO2)ccc1O. The number of nitrogens with zero attached hydrogens (tertiary/aromatic N) is 1. The van der Waals surface area contributed by atoms with Gasteiger partial charge in [-0.3, -0.25) is 4.79 Å². The molecule has 20 heavy (non-hydrogen) atoms. The van der Waals surface area contributed by atoms with Crippen LogP contribution in [0.4, 0.5) is 0 Å². The molecule has 0 aromatic heterocycles. The lowest BCUT2D eigenvalue weighted by Crippen LogP contribution is -2.12. The molecule has 1 aliphatic rings. The molecule has 6 heteroatoms. The van der Waals surface area contributed by atoms with E-state index in [9.17, 15) is 9.90 Å². The molecule has 6 nitrogen and oxygen atoms in total. The number of methoxy groups -OCH3 is 1. The maximum Gasteiger partial charge on any atom is 0.303 e. The minimum atomic E-state index is -0.834. The van der Waals surface area contributed by atoms with E-state index in [2.05, 4.69) is 5.16 Å². The monoisotopic (exact) mass is 279 g/mol. The molecule has 1 aliphatic heterocycles. The molecule has 0 bridgehead atoms. The van der Waals surface area contributed by atoms with Gasteiger partial charge in [0.1, 0.15) is 6.10 Å². The van der Waals surface area contributed by atoms with Crippen LogP contribution in [0.5, 0.6) is 11.5 Å². The molecule has 1 unspecified atom stereocenters. The standard InChI is InChI=1S/C14H17NO5/c1-19-13-7-9(2-4-12(13)16)6-11-8-10(15-20-11)3-5-14(17)18/h2,4,7,11,16H,3,5-6,8H2,1H3,(H,17,18). The van der Waals surface area contributed by atoms with Crippen LogP contribution in [0.2, 0.25) is 0 Å². The van der Waals surface area contributed by atoms with Crippen molar-refractivity contribution >= 4 is 11.7 Å². The van der Waals surface area contributed by atoms with E-state index >= 15 is 0 Å². The summed E-state index contributed by atoms with van der Waals surface area (Å²) in [5, 5.41) is 22.1. The van der Waals surface area contributed by atoms with Crippen molar-refractivity contribution in [2.75, 3.05) is 7.11 Å². The molecule has 0 fully saturated rings. The number of carbonyl (C=O) groups is 1. The predicted molar refractivity (Wildman–Crippen MR) is 72.2 cm³/mol. The summed E-state index contributed by atoms with van der Waals surface area (Å²) in [6.07, 6.45) is 1.67. The molecule has 0 aliphatic carbocycles. The Morgan fingerprint density at radius 2 is 2.35 bits per heavy atom. The number of aromatic hydroxyl groups is 1. The maximum absolute atomic E-state index is 10.5. The van der Waals surface area contributed by atoms with Crippen molar-refractivity contribution < 1.29 is 24.6 Å². The Labute approximate surface area is 116 Å². The third kappa shape index (κ3) is 3.63. The molecule has 2 rings (SSSR count). The second-order valence-electron chi connectivity index (χ2n) is 4.69. The third-order valence-corrected chi connectivity index (χ3v) is 3.13. The zero-order valence-corrected chi connectivity index (χ0v) is 11.2. The molecular formula is C14H17NO5. The zero-order chi connectivity index (χ0) is 14.5. The van der Waals surface area contributed by atoms with Gasteiger partial charge in [0.2, 0.25) is 0 Å². The highest BCUT2D eigenvalue weighted by Gasteiger charge is 2.22. The van der Waals surface area contributed by atoms with E-state index in [1.54, 1.807) is 18.2 Å². The zero-order valence-electron chi connectivity index (χ0n) is 11.2. The van der Waals surface area contributed by atoms with Crippen LogP contribution in [0.15, 0.2) is 23.4 Å². The van der Waals surface area contributed by atoms with Gasteiger partial charge in [-0.05, 0) is 24.1 Å². The lowest BCUT2D eigenvalue weighted by molar-refractivity contribution is -0.136. The van der Waals surface area contributed by atoms with Gasteiger partial charge in [-0.15, -0.1) is 0 Å². The number of carboxylic acids is 1. The van der Waals surface area contributed by atoms with E-state index in [4.69, 9.17) is 14.7 Å². The number of rotatable bonds is 6. The smallest absolute Gasteiger partial charge is 0.303 e. The Morgan fingerprint density at radius 3 is 3.05 bits per heavy atom. The fraction of sp³-hybridized carbons (Fsp3) is 0.429.